The molecule has 1 saturated heterocycles. The molecule has 0 radical (unpaired) electrons. The van der Waals surface area contributed by atoms with Crippen LogP contribution in [0.1, 0.15) is 13.8 Å². The molecule has 2 atom stereocenters. The van der Waals surface area contributed by atoms with E-state index in [9.17, 15) is 8.42 Å². The zero-order valence-corrected chi connectivity index (χ0v) is 12.7. The van der Waals surface area contributed by atoms with E-state index in [4.69, 9.17) is 4.74 Å². The molecule has 0 spiro atoms. The van der Waals surface area contributed by atoms with Crippen LogP contribution in [-0.2, 0) is 14.8 Å². The minimum atomic E-state index is -3.45. The topological polar surface area (TPSA) is 46.6 Å². The minimum Gasteiger partial charge on any atom is -0.373 e. The second-order valence-electron chi connectivity index (χ2n) is 4.51. The number of ether oxygens (including phenoxy) is 1. The fraction of sp³-hybridized carbons (Fsp3) is 0.500. The predicted molar refractivity (Wildman–Crippen MR) is 72.9 cm³/mol. The van der Waals surface area contributed by atoms with E-state index in [1.54, 1.807) is 24.3 Å². The third-order valence-electron chi connectivity index (χ3n) is 2.84. The Labute approximate surface area is 116 Å². The standard InChI is InChI=1S/C12H16BrNO3S/c1-9-7-14(8-10(2)17-9)18(15,16)12-6-4-3-5-11(12)13/h3-6,9-10H,7-8H2,1-2H3/t9-,10+. The summed E-state index contributed by atoms with van der Waals surface area (Å²) in [6.45, 7) is 4.57. The average Bonchev–Trinajstić information content (AvgIpc) is 2.28. The minimum absolute atomic E-state index is 0.0778. The maximum absolute atomic E-state index is 12.5. The average molecular weight is 334 g/mol. The van der Waals surface area contributed by atoms with Gasteiger partial charge in [-0.15, -0.1) is 0 Å². The number of morpholine rings is 1. The van der Waals surface area contributed by atoms with Gasteiger partial charge in [0.1, 0.15) is 0 Å². The molecule has 1 aliphatic heterocycles. The largest absolute Gasteiger partial charge is 0.373 e. The molecule has 0 saturated carbocycles. The van der Waals surface area contributed by atoms with Gasteiger partial charge in [-0.2, -0.15) is 4.31 Å². The highest BCUT2D eigenvalue weighted by Crippen LogP contribution is 2.26. The van der Waals surface area contributed by atoms with Crippen LogP contribution in [0.5, 0.6) is 0 Å². The number of benzene rings is 1. The summed E-state index contributed by atoms with van der Waals surface area (Å²) in [4.78, 5) is 0.311. The van der Waals surface area contributed by atoms with Gasteiger partial charge >= 0.3 is 0 Å². The Balaban J connectivity index is 2.34. The van der Waals surface area contributed by atoms with Gasteiger partial charge in [0.2, 0.25) is 10.0 Å². The van der Waals surface area contributed by atoms with Crippen molar-refractivity contribution in [2.75, 3.05) is 13.1 Å². The number of nitrogens with zero attached hydrogens (tertiary/aromatic N) is 1. The lowest BCUT2D eigenvalue weighted by Crippen LogP contribution is -2.48. The van der Waals surface area contributed by atoms with Crippen molar-refractivity contribution in [1.82, 2.24) is 4.31 Å². The van der Waals surface area contributed by atoms with Crippen LogP contribution >= 0.6 is 15.9 Å². The van der Waals surface area contributed by atoms with E-state index in [1.807, 2.05) is 13.8 Å². The summed E-state index contributed by atoms with van der Waals surface area (Å²) in [5.41, 5.74) is 0. The summed E-state index contributed by atoms with van der Waals surface area (Å²) in [5.74, 6) is 0. The fourth-order valence-electron chi connectivity index (χ4n) is 2.12. The number of hydrogen-bond donors (Lipinski definition) is 0. The van der Waals surface area contributed by atoms with Crippen LogP contribution in [-0.4, -0.2) is 38.0 Å². The van der Waals surface area contributed by atoms with Crippen LogP contribution in [0.3, 0.4) is 0 Å². The van der Waals surface area contributed by atoms with Gasteiger partial charge in [0.05, 0.1) is 17.1 Å². The molecule has 0 bridgehead atoms. The zero-order valence-electron chi connectivity index (χ0n) is 10.3. The molecule has 100 valence electrons. The maximum Gasteiger partial charge on any atom is 0.244 e. The summed E-state index contributed by atoms with van der Waals surface area (Å²) in [6, 6.07) is 6.88. The van der Waals surface area contributed by atoms with Gasteiger partial charge in [-0.25, -0.2) is 8.42 Å². The van der Waals surface area contributed by atoms with Gasteiger partial charge in [-0.3, -0.25) is 0 Å². The Hall–Kier alpha value is -0.430. The number of sulfonamides is 1. The molecule has 1 aliphatic rings. The van der Waals surface area contributed by atoms with Crippen molar-refractivity contribution < 1.29 is 13.2 Å². The first kappa shape index (κ1) is 14.0. The molecule has 0 N–H and O–H groups in total. The fourth-order valence-corrected chi connectivity index (χ4v) is 4.67. The van der Waals surface area contributed by atoms with E-state index in [1.165, 1.54) is 4.31 Å². The summed E-state index contributed by atoms with van der Waals surface area (Å²) in [6.07, 6.45) is -0.156. The van der Waals surface area contributed by atoms with Gasteiger partial charge in [-0.1, -0.05) is 12.1 Å². The normalized spacial score (nSPS) is 26.2. The van der Waals surface area contributed by atoms with Crippen LogP contribution in [0.4, 0.5) is 0 Å². The smallest absolute Gasteiger partial charge is 0.244 e. The van der Waals surface area contributed by atoms with Gasteiger partial charge in [-0.05, 0) is 41.9 Å². The van der Waals surface area contributed by atoms with Crippen LogP contribution < -0.4 is 0 Å². The first-order valence-electron chi connectivity index (χ1n) is 5.81. The number of hydrogen-bond acceptors (Lipinski definition) is 3. The molecule has 1 aromatic carbocycles. The van der Waals surface area contributed by atoms with E-state index < -0.39 is 10.0 Å². The molecule has 1 aromatic rings. The van der Waals surface area contributed by atoms with E-state index in [0.29, 0.717) is 22.5 Å². The van der Waals surface area contributed by atoms with Crippen molar-refractivity contribution >= 4 is 26.0 Å². The highest BCUT2D eigenvalue weighted by atomic mass is 79.9. The van der Waals surface area contributed by atoms with E-state index in [2.05, 4.69) is 15.9 Å². The monoisotopic (exact) mass is 333 g/mol. The van der Waals surface area contributed by atoms with E-state index in [-0.39, 0.29) is 12.2 Å². The van der Waals surface area contributed by atoms with Crippen molar-refractivity contribution in [3.8, 4) is 0 Å². The highest BCUT2D eigenvalue weighted by molar-refractivity contribution is 9.10. The Morgan fingerprint density at radius 3 is 2.33 bits per heavy atom. The summed E-state index contributed by atoms with van der Waals surface area (Å²) < 4.78 is 32.7. The number of rotatable bonds is 2. The Morgan fingerprint density at radius 1 is 1.22 bits per heavy atom. The quantitative estimate of drug-likeness (QED) is 0.833. The van der Waals surface area contributed by atoms with Gasteiger partial charge < -0.3 is 4.74 Å². The van der Waals surface area contributed by atoms with Crippen LogP contribution in [0, 0.1) is 0 Å². The Kier molecular flexibility index (Phi) is 4.11. The SMILES string of the molecule is C[C@@H]1CN(S(=O)(=O)c2ccccc2Br)C[C@H](C)O1. The molecule has 1 fully saturated rings. The van der Waals surface area contributed by atoms with Crippen molar-refractivity contribution in [1.29, 1.82) is 0 Å². The molecule has 0 unspecified atom stereocenters. The third kappa shape index (κ3) is 2.77. The molecule has 18 heavy (non-hydrogen) atoms. The Bertz CT molecular complexity index is 522. The molecule has 0 amide bonds. The van der Waals surface area contributed by atoms with Crippen molar-refractivity contribution in [2.45, 2.75) is 31.0 Å². The lowest BCUT2D eigenvalue weighted by molar-refractivity contribution is -0.0440. The number of halogens is 1. The van der Waals surface area contributed by atoms with Gasteiger partial charge in [0.25, 0.3) is 0 Å². The lowest BCUT2D eigenvalue weighted by Gasteiger charge is -2.34. The molecule has 4 nitrogen and oxygen atoms in total. The molecule has 1 heterocycles. The molecule has 2 rings (SSSR count). The second-order valence-corrected chi connectivity index (χ2v) is 7.27. The lowest BCUT2D eigenvalue weighted by atomic mass is 10.3. The molecule has 6 heteroatoms. The molecule has 0 aliphatic carbocycles. The first-order chi connectivity index (χ1) is 8.41. The maximum atomic E-state index is 12.5. The molecular weight excluding hydrogens is 318 g/mol. The zero-order chi connectivity index (χ0) is 13.3. The molecule has 0 aromatic heterocycles. The van der Waals surface area contributed by atoms with Crippen molar-refractivity contribution in [3.05, 3.63) is 28.7 Å². The third-order valence-corrected chi connectivity index (χ3v) is 5.68. The summed E-state index contributed by atoms with van der Waals surface area (Å²) in [7, 11) is -3.45. The van der Waals surface area contributed by atoms with Crippen LogP contribution in [0.2, 0.25) is 0 Å². The van der Waals surface area contributed by atoms with Gasteiger partial charge in [0.15, 0.2) is 0 Å². The second kappa shape index (κ2) is 5.28. The van der Waals surface area contributed by atoms with Crippen molar-refractivity contribution in [3.63, 3.8) is 0 Å². The van der Waals surface area contributed by atoms with E-state index in [0.717, 1.165) is 0 Å². The predicted octanol–water partition coefficient (Wildman–Crippen LogP) is 2.25. The summed E-state index contributed by atoms with van der Waals surface area (Å²) in [5, 5.41) is 0. The summed E-state index contributed by atoms with van der Waals surface area (Å²) >= 11 is 3.29. The first-order valence-corrected chi connectivity index (χ1v) is 8.04. The van der Waals surface area contributed by atoms with Crippen molar-refractivity contribution in [2.24, 2.45) is 0 Å². The van der Waals surface area contributed by atoms with Gasteiger partial charge in [0, 0.05) is 17.6 Å². The molecular formula is C12H16BrNO3S. The Morgan fingerprint density at radius 2 is 1.78 bits per heavy atom. The highest BCUT2D eigenvalue weighted by Gasteiger charge is 2.32. The van der Waals surface area contributed by atoms with E-state index >= 15 is 0 Å². The van der Waals surface area contributed by atoms with Crippen LogP contribution in [0.25, 0.3) is 0 Å². The van der Waals surface area contributed by atoms with Crippen LogP contribution in [0.15, 0.2) is 33.6 Å².